The van der Waals surface area contributed by atoms with Crippen molar-refractivity contribution in [2.45, 2.75) is 32.9 Å². The fraction of sp³-hybridized carbons (Fsp3) is 0.333. The number of nitrogens with zero attached hydrogens (tertiary/aromatic N) is 1. The second-order valence-electron chi connectivity index (χ2n) is 6.19. The number of nitrogens with one attached hydrogen (secondary N) is 1. The molecule has 0 spiro atoms. The molecule has 0 heterocycles. The second-order valence-corrected chi connectivity index (χ2v) is 6.59. The van der Waals surface area contributed by atoms with Crippen molar-refractivity contribution < 1.29 is 18.7 Å². The number of carbonyl (C=O) groups is 2. The fourth-order valence-electron chi connectivity index (χ4n) is 2.78. The van der Waals surface area contributed by atoms with Gasteiger partial charge in [0.1, 0.15) is 17.6 Å². The van der Waals surface area contributed by atoms with Crippen LogP contribution in [0.4, 0.5) is 4.39 Å². The van der Waals surface area contributed by atoms with E-state index < -0.39 is 6.04 Å². The Morgan fingerprint density at radius 3 is 2.43 bits per heavy atom. The van der Waals surface area contributed by atoms with Crippen molar-refractivity contribution in [2.75, 3.05) is 13.2 Å². The largest absolute Gasteiger partial charge is 0.482 e. The molecule has 2 rings (SSSR count). The van der Waals surface area contributed by atoms with Crippen LogP contribution in [-0.2, 0) is 16.1 Å². The van der Waals surface area contributed by atoms with Gasteiger partial charge < -0.3 is 15.0 Å². The molecule has 1 atom stereocenters. The molecule has 2 aromatic carbocycles. The summed E-state index contributed by atoms with van der Waals surface area (Å²) in [6, 6.07) is 12.0. The molecule has 0 fully saturated rings. The molecule has 150 valence electrons. The van der Waals surface area contributed by atoms with Crippen molar-refractivity contribution in [3.8, 4) is 5.75 Å². The maximum absolute atomic E-state index is 13.2. The first kappa shape index (κ1) is 21.7. The van der Waals surface area contributed by atoms with E-state index in [2.05, 4.69) is 5.32 Å². The molecule has 5 nitrogen and oxygen atoms in total. The lowest BCUT2D eigenvalue weighted by Gasteiger charge is -2.30. The third-order valence-electron chi connectivity index (χ3n) is 4.19. The zero-order valence-corrected chi connectivity index (χ0v) is 16.7. The molecular weight excluding hydrogens is 383 g/mol. The Bertz CT molecular complexity index is 798. The van der Waals surface area contributed by atoms with Crippen molar-refractivity contribution >= 4 is 23.4 Å². The minimum absolute atomic E-state index is 0.167. The fourth-order valence-corrected chi connectivity index (χ4v) is 2.97. The minimum atomic E-state index is -0.660. The molecule has 0 unspecified atom stereocenters. The number of ether oxygens (including phenoxy) is 1. The molecule has 2 amide bonds. The van der Waals surface area contributed by atoms with Gasteiger partial charge in [-0.05, 0) is 43.2 Å². The average molecular weight is 407 g/mol. The topological polar surface area (TPSA) is 58.6 Å². The van der Waals surface area contributed by atoms with Crippen molar-refractivity contribution in [1.82, 2.24) is 10.2 Å². The van der Waals surface area contributed by atoms with Crippen molar-refractivity contribution in [3.63, 3.8) is 0 Å². The molecule has 0 radical (unpaired) electrons. The Balaban J connectivity index is 2.19. The SMILES string of the molecule is CCNC(=O)[C@H](CC)N(Cc1ccc(F)cc1)C(=O)COc1ccccc1Cl. The number of hydrogen-bond acceptors (Lipinski definition) is 3. The molecule has 2 aromatic rings. The first-order valence-electron chi connectivity index (χ1n) is 9.15. The zero-order valence-electron chi connectivity index (χ0n) is 16.0. The predicted octanol–water partition coefficient (Wildman–Crippen LogP) is 3.80. The summed E-state index contributed by atoms with van der Waals surface area (Å²) in [5, 5.41) is 3.15. The van der Waals surface area contributed by atoms with Crippen LogP contribution in [0.3, 0.4) is 0 Å². The Kier molecular flexibility index (Phi) is 8.26. The van der Waals surface area contributed by atoms with Gasteiger partial charge >= 0.3 is 0 Å². The van der Waals surface area contributed by atoms with Gasteiger partial charge in [0.2, 0.25) is 5.91 Å². The van der Waals surface area contributed by atoms with Gasteiger partial charge in [-0.15, -0.1) is 0 Å². The number of halogens is 2. The molecule has 7 heteroatoms. The van der Waals surface area contributed by atoms with E-state index in [4.69, 9.17) is 16.3 Å². The number of hydrogen-bond donors (Lipinski definition) is 1. The van der Waals surface area contributed by atoms with Crippen LogP contribution in [0.15, 0.2) is 48.5 Å². The van der Waals surface area contributed by atoms with Crippen LogP contribution in [0, 0.1) is 5.82 Å². The third-order valence-corrected chi connectivity index (χ3v) is 4.50. The number of para-hydroxylation sites is 1. The third kappa shape index (κ3) is 5.96. The highest BCUT2D eigenvalue weighted by atomic mass is 35.5. The van der Waals surface area contributed by atoms with E-state index in [0.29, 0.717) is 23.7 Å². The van der Waals surface area contributed by atoms with Crippen LogP contribution >= 0.6 is 11.6 Å². The smallest absolute Gasteiger partial charge is 0.261 e. The monoisotopic (exact) mass is 406 g/mol. The highest BCUT2D eigenvalue weighted by molar-refractivity contribution is 6.32. The van der Waals surface area contributed by atoms with Gasteiger partial charge in [0, 0.05) is 13.1 Å². The van der Waals surface area contributed by atoms with Crippen LogP contribution in [0.2, 0.25) is 5.02 Å². The van der Waals surface area contributed by atoms with Crippen molar-refractivity contribution in [2.24, 2.45) is 0 Å². The van der Waals surface area contributed by atoms with E-state index >= 15 is 0 Å². The second kappa shape index (κ2) is 10.7. The van der Waals surface area contributed by atoms with Gasteiger partial charge in [-0.25, -0.2) is 4.39 Å². The summed E-state index contributed by atoms with van der Waals surface area (Å²) in [6.45, 7) is 4.02. The predicted molar refractivity (Wildman–Crippen MR) is 107 cm³/mol. The van der Waals surface area contributed by atoms with Gasteiger partial charge in [-0.1, -0.05) is 42.8 Å². The summed E-state index contributed by atoms with van der Waals surface area (Å²) in [6.07, 6.45) is 0.435. The number of rotatable bonds is 9. The van der Waals surface area contributed by atoms with Gasteiger partial charge in [0.15, 0.2) is 6.61 Å². The van der Waals surface area contributed by atoms with Crippen molar-refractivity contribution in [1.29, 1.82) is 0 Å². The first-order valence-corrected chi connectivity index (χ1v) is 9.53. The maximum atomic E-state index is 13.2. The molecule has 0 aliphatic carbocycles. The van der Waals surface area contributed by atoms with Crippen LogP contribution in [-0.4, -0.2) is 35.9 Å². The number of likely N-dealkylation sites (N-methyl/N-ethyl adjacent to an activating group) is 1. The zero-order chi connectivity index (χ0) is 20.5. The Morgan fingerprint density at radius 2 is 1.82 bits per heavy atom. The van der Waals surface area contributed by atoms with Gasteiger partial charge in [-0.3, -0.25) is 9.59 Å². The highest BCUT2D eigenvalue weighted by Crippen LogP contribution is 2.23. The summed E-state index contributed by atoms with van der Waals surface area (Å²) < 4.78 is 18.8. The molecule has 0 saturated carbocycles. The molecular formula is C21H24ClFN2O3. The van der Waals surface area contributed by atoms with Gasteiger partial charge in [0.25, 0.3) is 5.91 Å². The molecule has 0 saturated heterocycles. The average Bonchev–Trinajstić information content (AvgIpc) is 2.68. The molecule has 28 heavy (non-hydrogen) atoms. The summed E-state index contributed by atoms with van der Waals surface area (Å²) in [5.41, 5.74) is 0.718. The normalized spacial score (nSPS) is 11.6. The van der Waals surface area contributed by atoms with E-state index in [1.165, 1.54) is 17.0 Å². The molecule has 0 aliphatic rings. The molecule has 0 aromatic heterocycles. The van der Waals surface area contributed by atoms with E-state index in [-0.39, 0.29) is 30.8 Å². The Labute approximate surface area is 169 Å². The van der Waals surface area contributed by atoms with Crippen LogP contribution in [0.25, 0.3) is 0 Å². The lowest BCUT2D eigenvalue weighted by molar-refractivity contribution is -0.142. The highest BCUT2D eigenvalue weighted by Gasteiger charge is 2.28. The lowest BCUT2D eigenvalue weighted by Crippen LogP contribution is -2.50. The first-order chi connectivity index (χ1) is 13.5. The maximum Gasteiger partial charge on any atom is 0.261 e. The molecule has 0 bridgehead atoms. The van der Waals surface area contributed by atoms with Crippen LogP contribution in [0.5, 0.6) is 5.75 Å². The summed E-state index contributed by atoms with van der Waals surface area (Å²) in [7, 11) is 0. The summed E-state index contributed by atoms with van der Waals surface area (Å²) in [5.74, 6) is -0.565. The summed E-state index contributed by atoms with van der Waals surface area (Å²) in [4.78, 5) is 26.8. The lowest BCUT2D eigenvalue weighted by atomic mass is 10.1. The molecule has 1 N–H and O–H groups in total. The quantitative estimate of drug-likeness (QED) is 0.689. The number of amides is 2. The number of carbonyl (C=O) groups excluding carboxylic acids is 2. The van der Waals surface area contributed by atoms with Crippen molar-refractivity contribution in [3.05, 3.63) is 64.9 Å². The van der Waals surface area contributed by atoms with Gasteiger partial charge in [0.05, 0.1) is 5.02 Å². The van der Waals surface area contributed by atoms with E-state index in [1.807, 2.05) is 13.8 Å². The van der Waals surface area contributed by atoms with E-state index in [1.54, 1.807) is 36.4 Å². The minimum Gasteiger partial charge on any atom is -0.482 e. The van der Waals surface area contributed by atoms with Crippen LogP contribution < -0.4 is 10.1 Å². The van der Waals surface area contributed by atoms with Crippen LogP contribution in [0.1, 0.15) is 25.8 Å². The van der Waals surface area contributed by atoms with Gasteiger partial charge in [-0.2, -0.15) is 0 Å². The standard InChI is InChI=1S/C21H24ClFN2O3/c1-3-18(21(27)24-4-2)25(13-15-9-11-16(23)12-10-15)20(26)14-28-19-8-6-5-7-17(19)22/h5-12,18H,3-4,13-14H2,1-2H3,(H,24,27)/t18-/m0/s1. The summed E-state index contributed by atoms with van der Waals surface area (Å²) >= 11 is 6.06. The Morgan fingerprint density at radius 1 is 1.14 bits per heavy atom. The Hall–Kier alpha value is -2.60. The van der Waals surface area contributed by atoms with E-state index in [9.17, 15) is 14.0 Å². The molecule has 0 aliphatic heterocycles. The van der Waals surface area contributed by atoms with E-state index in [0.717, 1.165) is 5.56 Å². The number of benzene rings is 2.